The predicted molar refractivity (Wildman–Crippen MR) is 145 cm³/mol. The average Bonchev–Trinajstić information content (AvgIpc) is 3.37. The molecule has 0 radical (unpaired) electrons. The summed E-state index contributed by atoms with van der Waals surface area (Å²) in [7, 11) is 1.80. The fraction of sp³-hybridized carbons (Fsp3) is 0.360. The van der Waals surface area contributed by atoms with Crippen molar-refractivity contribution in [3.05, 3.63) is 62.3 Å². The van der Waals surface area contributed by atoms with Crippen molar-refractivity contribution in [3.63, 3.8) is 0 Å². The van der Waals surface area contributed by atoms with Crippen molar-refractivity contribution in [1.29, 1.82) is 0 Å². The van der Waals surface area contributed by atoms with Crippen molar-refractivity contribution in [1.82, 2.24) is 19.8 Å². The van der Waals surface area contributed by atoms with E-state index < -0.39 is 0 Å². The van der Waals surface area contributed by atoms with Gasteiger partial charge in [-0.05, 0) is 31.0 Å². The van der Waals surface area contributed by atoms with E-state index >= 15 is 0 Å². The summed E-state index contributed by atoms with van der Waals surface area (Å²) in [5.74, 6) is -0.122. The zero-order chi connectivity index (χ0) is 25.2. The van der Waals surface area contributed by atoms with Crippen LogP contribution in [-0.2, 0) is 13.0 Å². The zero-order valence-corrected chi connectivity index (χ0v) is 22.4. The lowest BCUT2D eigenvalue weighted by molar-refractivity contribution is 0.0709. The Balaban J connectivity index is 1.34. The van der Waals surface area contributed by atoms with Gasteiger partial charge in [-0.2, -0.15) is 0 Å². The molecule has 4 N–H and O–H groups in total. The Bertz CT molecular complexity index is 1300. The number of thiazole rings is 1. The predicted octanol–water partition coefficient (Wildman–Crippen LogP) is 3.84. The topological polar surface area (TPSA) is 116 Å². The van der Waals surface area contributed by atoms with Crippen LogP contribution in [0.25, 0.3) is 0 Å². The summed E-state index contributed by atoms with van der Waals surface area (Å²) in [6, 6.07) is 5.40. The van der Waals surface area contributed by atoms with Gasteiger partial charge in [0.2, 0.25) is 0 Å². The number of fused-ring (bicyclic) bond motifs is 1. The molecule has 3 aromatic rings. The van der Waals surface area contributed by atoms with Crippen molar-refractivity contribution < 1.29 is 9.59 Å². The Morgan fingerprint density at radius 3 is 2.86 bits per heavy atom. The van der Waals surface area contributed by atoms with Crippen LogP contribution in [0.4, 0.5) is 17.1 Å². The third kappa shape index (κ3) is 5.03. The largest absolute Gasteiger partial charge is 0.397 e. The number of nitrogens with zero attached hydrogens (tertiary/aromatic N) is 4. The van der Waals surface area contributed by atoms with Crippen LogP contribution in [-0.4, -0.2) is 64.3 Å². The molecule has 2 aromatic heterocycles. The maximum atomic E-state index is 13.6. The molecule has 2 amide bonds. The molecule has 0 aliphatic carbocycles. The Morgan fingerprint density at radius 2 is 2.03 bits per heavy atom. The summed E-state index contributed by atoms with van der Waals surface area (Å²) in [6.45, 7) is 2.36. The van der Waals surface area contributed by atoms with Crippen LogP contribution in [0.2, 0.25) is 0 Å². The highest BCUT2D eigenvalue weighted by Gasteiger charge is 2.29. The van der Waals surface area contributed by atoms with Gasteiger partial charge in [0, 0.05) is 60.9 Å². The number of carbonyl (C=O) groups is 2. The molecule has 1 fully saturated rings. The summed E-state index contributed by atoms with van der Waals surface area (Å²) in [6.07, 6.45) is 5.75. The molecule has 0 spiro atoms. The number of nitrogens with two attached hydrogens (primary N) is 1. The molecule has 1 atom stereocenters. The molecule has 0 saturated carbocycles. The zero-order valence-electron chi connectivity index (χ0n) is 20.0. The van der Waals surface area contributed by atoms with Gasteiger partial charge in [-0.3, -0.25) is 14.6 Å². The Labute approximate surface area is 222 Å². The number of rotatable bonds is 5. The molecule has 2 aliphatic rings. The number of carbonyl (C=O) groups excluding carboxylic acids is 2. The normalized spacial score (nSPS) is 17.4. The van der Waals surface area contributed by atoms with Crippen molar-refractivity contribution in [3.8, 4) is 0 Å². The van der Waals surface area contributed by atoms with E-state index in [2.05, 4.69) is 36.5 Å². The molecular formula is C25H28BrN7O2S. The number of likely N-dealkylation sites (tertiary alicyclic amines) is 1. The summed E-state index contributed by atoms with van der Waals surface area (Å²) >= 11 is 5.08. The van der Waals surface area contributed by atoms with Crippen LogP contribution in [0.15, 0.2) is 40.6 Å². The van der Waals surface area contributed by atoms with E-state index in [4.69, 9.17) is 5.73 Å². The molecule has 4 heterocycles. The number of halogens is 1. The molecular weight excluding hydrogens is 542 g/mol. The lowest BCUT2D eigenvalue weighted by atomic mass is 10.0. The second-order valence-electron chi connectivity index (χ2n) is 9.06. The second kappa shape index (κ2) is 10.4. The van der Waals surface area contributed by atoms with Crippen LogP contribution < -0.4 is 16.4 Å². The molecule has 0 unspecified atom stereocenters. The van der Waals surface area contributed by atoms with Gasteiger partial charge in [0.05, 0.1) is 45.9 Å². The van der Waals surface area contributed by atoms with Crippen LogP contribution >= 0.6 is 27.3 Å². The SMILES string of the molecule is CNc1cncc(C(=O)N2CCC[C@@H](Nc3c(N)cc(Br)cc3C(=O)N3CCc4ncsc4C3)C2)c1. The molecule has 2 aliphatic heterocycles. The number of pyridine rings is 1. The number of benzene rings is 1. The summed E-state index contributed by atoms with van der Waals surface area (Å²) in [5.41, 5.74) is 12.3. The van der Waals surface area contributed by atoms with E-state index in [1.54, 1.807) is 36.8 Å². The monoisotopic (exact) mass is 569 g/mol. The van der Waals surface area contributed by atoms with Crippen LogP contribution in [0.5, 0.6) is 0 Å². The minimum atomic E-state index is -0.0664. The van der Waals surface area contributed by atoms with Crippen LogP contribution in [0, 0.1) is 0 Å². The maximum Gasteiger partial charge on any atom is 0.256 e. The number of hydrogen-bond acceptors (Lipinski definition) is 8. The van der Waals surface area contributed by atoms with Crippen molar-refractivity contribution in [2.24, 2.45) is 0 Å². The maximum absolute atomic E-state index is 13.6. The van der Waals surface area contributed by atoms with Gasteiger partial charge in [0.15, 0.2) is 0 Å². The Morgan fingerprint density at radius 1 is 1.17 bits per heavy atom. The van der Waals surface area contributed by atoms with Gasteiger partial charge in [-0.1, -0.05) is 15.9 Å². The Kier molecular flexibility index (Phi) is 7.10. The lowest BCUT2D eigenvalue weighted by Crippen LogP contribution is -2.45. The third-order valence-electron chi connectivity index (χ3n) is 6.66. The van der Waals surface area contributed by atoms with Gasteiger partial charge in [-0.25, -0.2) is 4.98 Å². The molecule has 36 heavy (non-hydrogen) atoms. The summed E-state index contributed by atoms with van der Waals surface area (Å²) in [4.78, 5) is 40.2. The quantitative estimate of drug-likeness (QED) is 0.399. The average molecular weight is 571 g/mol. The number of nitrogen functional groups attached to an aromatic ring is 1. The molecule has 11 heteroatoms. The first-order chi connectivity index (χ1) is 17.4. The highest BCUT2D eigenvalue weighted by Crippen LogP contribution is 2.33. The molecule has 188 valence electrons. The first-order valence-corrected chi connectivity index (χ1v) is 13.6. The van der Waals surface area contributed by atoms with Crippen molar-refractivity contribution >= 4 is 56.1 Å². The standard InChI is InChI=1S/C25H28BrN7O2S/c1-28-18-7-15(10-29-11-18)24(34)32-5-2-3-17(12-32)31-23-19(8-16(26)9-20(23)27)25(35)33-6-4-21-22(13-33)36-14-30-21/h7-11,14,17,28,31H,2-6,12-13,27H2,1H3/t17-/m1/s1. The van der Waals surface area contributed by atoms with E-state index in [0.717, 1.165) is 40.0 Å². The molecule has 1 aromatic carbocycles. The van der Waals surface area contributed by atoms with E-state index in [-0.39, 0.29) is 17.9 Å². The minimum Gasteiger partial charge on any atom is -0.397 e. The number of hydrogen-bond donors (Lipinski definition) is 3. The third-order valence-corrected chi connectivity index (χ3v) is 7.98. The fourth-order valence-corrected chi connectivity index (χ4v) is 6.08. The highest BCUT2D eigenvalue weighted by atomic mass is 79.9. The van der Waals surface area contributed by atoms with Gasteiger partial charge in [-0.15, -0.1) is 11.3 Å². The molecule has 0 bridgehead atoms. The van der Waals surface area contributed by atoms with Gasteiger partial charge < -0.3 is 26.2 Å². The highest BCUT2D eigenvalue weighted by molar-refractivity contribution is 9.10. The molecule has 9 nitrogen and oxygen atoms in total. The van der Waals surface area contributed by atoms with Gasteiger partial charge in [0.1, 0.15) is 0 Å². The number of nitrogens with one attached hydrogen (secondary N) is 2. The Hall–Kier alpha value is -3.18. The summed E-state index contributed by atoms with van der Waals surface area (Å²) < 4.78 is 0.752. The van der Waals surface area contributed by atoms with E-state index in [9.17, 15) is 9.59 Å². The number of piperidine rings is 1. The fourth-order valence-electron chi connectivity index (χ4n) is 4.78. The lowest BCUT2D eigenvalue weighted by Gasteiger charge is -2.35. The summed E-state index contributed by atoms with van der Waals surface area (Å²) in [5, 5.41) is 6.54. The van der Waals surface area contributed by atoms with Crippen molar-refractivity contribution in [2.75, 3.05) is 43.0 Å². The minimum absolute atomic E-state index is 0.0346. The second-order valence-corrected chi connectivity index (χ2v) is 10.9. The smallest absolute Gasteiger partial charge is 0.256 e. The molecule has 1 saturated heterocycles. The van der Waals surface area contributed by atoms with Crippen LogP contribution in [0.3, 0.4) is 0 Å². The number of anilines is 3. The van der Waals surface area contributed by atoms with E-state index in [1.165, 1.54) is 0 Å². The first-order valence-electron chi connectivity index (χ1n) is 11.9. The first kappa shape index (κ1) is 24.5. The number of aromatic nitrogens is 2. The van der Waals surface area contributed by atoms with Crippen molar-refractivity contribution in [2.45, 2.75) is 31.8 Å². The number of amides is 2. The molecule has 5 rings (SSSR count). The van der Waals surface area contributed by atoms with E-state index in [0.29, 0.717) is 48.7 Å². The van der Waals surface area contributed by atoms with E-state index in [1.807, 2.05) is 27.4 Å². The van der Waals surface area contributed by atoms with Gasteiger partial charge in [0.25, 0.3) is 11.8 Å². The van der Waals surface area contributed by atoms with Crippen LogP contribution in [0.1, 0.15) is 44.1 Å². The van der Waals surface area contributed by atoms with Gasteiger partial charge >= 0.3 is 0 Å².